The normalized spacial score (nSPS) is 10.8. The van der Waals surface area contributed by atoms with E-state index in [2.05, 4.69) is 10.1 Å². The van der Waals surface area contributed by atoms with Gasteiger partial charge >= 0.3 is 5.97 Å². The number of esters is 1. The molecule has 0 spiro atoms. The number of nitrogens with zero attached hydrogens (tertiary/aromatic N) is 2. The van der Waals surface area contributed by atoms with Gasteiger partial charge < -0.3 is 14.0 Å². The van der Waals surface area contributed by atoms with E-state index in [0.29, 0.717) is 11.4 Å². The van der Waals surface area contributed by atoms with Crippen molar-refractivity contribution in [1.82, 2.24) is 10.1 Å². The quantitative estimate of drug-likeness (QED) is 0.497. The molecule has 0 aliphatic rings. The van der Waals surface area contributed by atoms with E-state index >= 15 is 0 Å². The van der Waals surface area contributed by atoms with Gasteiger partial charge in [-0.15, -0.1) is 0 Å². The number of ether oxygens (including phenoxy) is 2. The Kier molecular flexibility index (Phi) is 5.38. The molecule has 0 unspecified atom stereocenters. The standard InChI is InChI=1S/C19H15FN2O4/c1-24-16-9-5-14(6-10-16)19-21-17(26-22-19)12-25-18(23)11-4-13-2-7-15(20)8-3-13/h2-11H,12H2,1H3/b11-4+. The minimum atomic E-state index is -0.571. The van der Waals surface area contributed by atoms with Crippen LogP contribution in [0, 0.1) is 5.82 Å². The number of carbonyl (C=O) groups is 1. The summed E-state index contributed by atoms with van der Waals surface area (Å²) in [6.45, 7) is -0.143. The molecule has 0 bridgehead atoms. The number of methoxy groups -OCH3 is 1. The number of rotatable bonds is 6. The van der Waals surface area contributed by atoms with Crippen LogP contribution in [0.15, 0.2) is 59.1 Å². The van der Waals surface area contributed by atoms with Crippen molar-refractivity contribution in [2.24, 2.45) is 0 Å². The molecule has 0 amide bonds. The third-order valence-corrected chi connectivity index (χ3v) is 3.44. The van der Waals surface area contributed by atoms with E-state index in [4.69, 9.17) is 14.0 Å². The van der Waals surface area contributed by atoms with Crippen molar-refractivity contribution >= 4 is 12.0 Å². The second-order valence-corrected chi connectivity index (χ2v) is 5.23. The van der Waals surface area contributed by atoms with Gasteiger partial charge in [0.05, 0.1) is 7.11 Å². The monoisotopic (exact) mass is 354 g/mol. The van der Waals surface area contributed by atoms with Gasteiger partial charge in [0.1, 0.15) is 11.6 Å². The summed E-state index contributed by atoms with van der Waals surface area (Å²) in [5.74, 6) is 0.381. The van der Waals surface area contributed by atoms with Gasteiger partial charge in [0, 0.05) is 11.6 Å². The summed E-state index contributed by atoms with van der Waals surface area (Å²) in [5, 5.41) is 3.85. The highest BCUT2D eigenvalue weighted by Gasteiger charge is 2.10. The second kappa shape index (κ2) is 8.06. The Balaban J connectivity index is 1.55. The molecule has 0 saturated carbocycles. The van der Waals surface area contributed by atoms with Gasteiger partial charge in [0.25, 0.3) is 5.89 Å². The fourth-order valence-corrected chi connectivity index (χ4v) is 2.09. The molecule has 1 aromatic heterocycles. The number of hydrogen-bond acceptors (Lipinski definition) is 6. The molecule has 0 radical (unpaired) electrons. The number of benzene rings is 2. The summed E-state index contributed by atoms with van der Waals surface area (Å²) >= 11 is 0. The van der Waals surface area contributed by atoms with Crippen LogP contribution in [-0.4, -0.2) is 23.2 Å². The number of hydrogen-bond donors (Lipinski definition) is 0. The molecule has 7 heteroatoms. The van der Waals surface area contributed by atoms with Gasteiger partial charge in [-0.2, -0.15) is 4.98 Å². The van der Waals surface area contributed by atoms with Crippen molar-refractivity contribution < 1.29 is 23.2 Å². The van der Waals surface area contributed by atoms with Crippen LogP contribution in [0.25, 0.3) is 17.5 Å². The predicted molar refractivity (Wildman–Crippen MR) is 91.5 cm³/mol. The van der Waals surface area contributed by atoms with Crippen LogP contribution in [0.3, 0.4) is 0 Å². The third kappa shape index (κ3) is 4.54. The summed E-state index contributed by atoms with van der Waals surface area (Å²) in [7, 11) is 1.58. The van der Waals surface area contributed by atoms with Crippen LogP contribution < -0.4 is 4.74 Å². The molecule has 2 aromatic carbocycles. The van der Waals surface area contributed by atoms with E-state index in [0.717, 1.165) is 11.3 Å². The van der Waals surface area contributed by atoms with Gasteiger partial charge in [-0.1, -0.05) is 17.3 Å². The molecule has 0 fully saturated rings. The van der Waals surface area contributed by atoms with Crippen molar-refractivity contribution in [3.63, 3.8) is 0 Å². The van der Waals surface area contributed by atoms with Crippen molar-refractivity contribution in [2.45, 2.75) is 6.61 Å². The van der Waals surface area contributed by atoms with Gasteiger partial charge in [0.2, 0.25) is 5.82 Å². The van der Waals surface area contributed by atoms with Gasteiger partial charge in [-0.3, -0.25) is 0 Å². The molecule has 3 rings (SSSR count). The SMILES string of the molecule is COc1ccc(-c2noc(COC(=O)/C=C/c3ccc(F)cc3)n2)cc1. The minimum Gasteiger partial charge on any atom is -0.497 e. The van der Waals surface area contributed by atoms with Crippen LogP contribution in [0.1, 0.15) is 11.5 Å². The summed E-state index contributed by atoms with van der Waals surface area (Å²) in [6, 6.07) is 12.9. The summed E-state index contributed by atoms with van der Waals surface area (Å²) in [5.41, 5.74) is 1.44. The van der Waals surface area contributed by atoms with E-state index in [1.165, 1.54) is 24.3 Å². The maximum atomic E-state index is 12.8. The molecular formula is C19H15FN2O4. The van der Waals surface area contributed by atoms with Crippen LogP contribution in [0.2, 0.25) is 0 Å². The first kappa shape index (κ1) is 17.3. The second-order valence-electron chi connectivity index (χ2n) is 5.23. The first-order valence-electron chi connectivity index (χ1n) is 7.71. The Hall–Kier alpha value is -3.48. The summed E-state index contributed by atoms with van der Waals surface area (Å²) in [6.07, 6.45) is 2.77. The van der Waals surface area contributed by atoms with Crippen molar-refractivity contribution in [3.8, 4) is 17.1 Å². The topological polar surface area (TPSA) is 74.5 Å². The lowest BCUT2D eigenvalue weighted by atomic mass is 10.2. The van der Waals surface area contributed by atoms with E-state index in [1.807, 2.05) is 0 Å². The smallest absolute Gasteiger partial charge is 0.331 e. The molecule has 26 heavy (non-hydrogen) atoms. The first-order valence-corrected chi connectivity index (χ1v) is 7.71. The third-order valence-electron chi connectivity index (χ3n) is 3.44. The zero-order chi connectivity index (χ0) is 18.4. The maximum absolute atomic E-state index is 12.8. The van der Waals surface area contributed by atoms with Crippen LogP contribution in [0.5, 0.6) is 5.75 Å². The van der Waals surface area contributed by atoms with Crippen molar-refractivity contribution in [1.29, 1.82) is 0 Å². The summed E-state index contributed by atoms with van der Waals surface area (Å²) < 4.78 is 28.0. The molecule has 0 atom stereocenters. The lowest BCUT2D eigenvalue weighted by molar-refractivity contribution is -0.139. The Morgan fingerprint density at radius 2 is 1.88 bits per heavy atom. The largest absolute Gasteiger partial charge is 0.497 e. The zero-order valence-electron chi connectivity index (χ0n) is 13.9. The fraction of sp³-hybridized carbons (Fsp3) is 0.105. The lowest BCUT2D eigenvalue weighted by Gasteiger charge is -1.99. The van der Waals surface area contributed by atoms with E-state index in [9.17, 15) is 9.18 Å². The average molecular weight is 354 g/mol. The Bertz CT molecular complexity index is 902. The Labute approximate surface area is 148 Å². The van der Waals surface area contributed by atoms with Gasteiger partial charge in [-0.25, -0.2) is 9.18 Å². The van der Waals surface area contributed by atoms with E-state index < -0.39 is 5.97 Å². The first-order chi connectivity index (χ1) is 12.6. The van der Waals surface area contributed by atoms with E-state index in [-0.39, 0.29) is 18.3 Å². The predicted octanol–water partition coefficient (Wildman–Crippen LogP) is 3.64. The Morgan fingerprint density at radius 3 is 2.58 bits per heavy atom. The molecule has 0 aliphatic heterocycles. The number of carbonyl (C=O) groups excluding carboxylic acids is 1. The highest BCUT2D eigenvalue weighted by atomic mass is 19.1. The van der Waals surface area contributed by atoms with Crippen LogP contribution in [-0.2, 0) is 16.1 Å². The van der Waals surface area contributed by atoms with Crippen LogP contribution in [0.4, 0.5) is 4.39 Å². The molecule has 0 saturated heterocycles. The van der Waals surface area contributed by atoms with Crippen molar-refractivity contribution in [3.05, 3.63) is 71.9 Å². The van der Waals surface area contributed by atoms with Gasteiger partial charge in [-0.05, 0) is 48.0 Å². The highest BCUT2D eigenvalue weighted by molar-refractivity contribution is 5.86. The van der Waals surface area contributed by atoms with Crippen molar-refractivity contribution in [2.75, 3.05) is 7.11 Å². The lowest BCUT2D eigenvalue weighted by Crippen LogP contribution is -2.01. The Morgan fingerprint density at radius 1 is 1.15 bits per heavy atom. The highest BCUT2D eigenvalue weighted by Crippen LogP contribution is 2.19. The molecule has 3 aromatic rings. The van der Waals surface area contributed by atoms with E-state index in [1.54, 1.807) is 43.5 Å². The van der Waals surface area contributed by atoms with Crippen LogP contribution >= 0.6 is 0 Å². The van der Waals surface area contributed by atoms with Gasteiger partial charge in [0.15, 0.2) is 6.61 Å². The number of aromatic nitrogens is 2. The molecular weight excluding hydrogens is 339 g/mol. The fourth-order valence-electron chi connectivity index (χ4n) is 2.09. The molecule has 0 aliphatic carbocycles. The average Bonchev–Trinajstić information content (AvgIpc) is 3.15. The number of halogens is 1. The molecule has 6 nitrogen and oxygen atoms in total. The molecule has 0 N–H and O–H groups in total. The zero-order valence-corrected chi connectivity index (χ0v) is 13.9. The minimum absolute atomic E-state index is 0.143. The summed E-state index contributed by atoms with van der Waals surface area (Å²) in [4.78, 5) is 15.9. The maximum Gasteiger partial charge on any atom is 0.331 e. The molecule has 1 heterocycles. The molecule has 132 valence electrons.